The van der Waals surface area contributed by atoms with E-state index in [4.69, 9.17) is 5.11 Å². The van der Waals surface area contributed by atoms with Crippen molar-refractivity contribution in [3.63, 3.8) is 0 Å². The standard InChI is InChI=1S/C10H17NO3/c1-7(2)3-5-11-6-4-8(9(11)12)10(13)14/h7-8H,3-6H2,1-2H3,(H,13,14). The van der Waals surface area contributed by atoms with Crippen LogP contribution in [0.3, 0.4) is 0 Å². The number of hydrogen-bond acceptors (Lipinski definition) is 2. The van der Waals surface area contributed by atoms with Crippen LogP contribution >= 0.6 is 0 Å². The van der Waals surface area contributed by atoms with Gasteiger partial charge in [0.15, 0.2) is 0 Å². The van der Waals surface area contributed by atoms with Gasteiger partial charge in [-0.05, 0) is 18.8 Å². The van der Waals surface area contributed by atoms with Crippen molar-refractivity contribution >= 4 is 11.9 Å². The Hall–Kier alpha value is -1.06. The average Bonchev–Trinajstić information content (AvgIpc) is 2.43. The van der Waals surface area contributed by atoms with E-state index < -0.39 is 11.9 Å². The van der Waals surface area contributed by atoms with Crippen LogP contribution in [0.4, 0.5) is 0 Å². The van der Waals surface area contributed by atoms with Gasteiger partial charge in [0, 0.05) is 13.1 Å². The van der Waals surface area contributed by atoms with Gasteiger partial charge in [0.05, 0.1) is 0 Å². The topological polar surface area (TPSA) is 57.6 Å². The maximum Gasteiger partial charge on any atom is 0.316 e. The molecular formula is C10H17NO3. The number of nitrogens with zero attached hydrogens (tertiary/aromatic N) is 1. The zero-order valence-corrected chi connectivity index (χ0v) is 8.69. The second-order valence-electron chi connectivity index (χ2n) is 4.19. The molecule has 14 heavy (non-hydrogen) atoms. The molecule has 4 heteroatoms. The summed E-state index contributed by atoms with van der Waals surface area (Å²) in [5.74, 6) is -1.44. The van der Waals surface area contributed by atoms with Crippen molar-refractivity contribution in [2.45, 2.75) is 26.7 Å². The summed E-state index contributed by atoms with van der Waals surface area (Å²) >= 11 is 0. The fourth-order valence-corrected chi connectivity index (χ4v) is 1.60. The SMILES string of the molecule is CC(C)CCN1CCC(C(=O)O)C1=O. The number of carbonyl (C=O) groups excluding carboxylic acids is 1. The zero-order chi connectivity index (χ0) is 10.7. The number of hydrogen-bond donors (Lipinski definition) is 1. The number of amides is 1. The predicted molar refractivity (Wildman–Crippen MR) is 51.8 cm³/mol. The highest BCUT2D eigenvalue weighted by Crippen LogP contribution is 2.19. The van der Waals surface area contributed by atoms with E-state index >= 15 is 0 Å². The molecule has 4 nitrogen and oxygen atoms in total. The fourth-order valence-electron chi connectivity index (χ4n) is 1.60. The maximum atomic E-state index is 11.5. The van der Waals surface area contributed by atoms with Crippen LogP contribution in [0.2, 0.25) is 0 Å². The molecule has 1 aliphatic rings. The summed E-state index contributed by atoms with van der Waals surface area (Å²) < 4.78 is 0. The van der Waals surface area contributed by atoms with E-state index in [1.165, 1.54) is 0 Å². The Morgan fingerprint density at radius 3 is 2.71 bits per heavy atom. The third-order valence-electron chi connectivity index (χ3n) is 2.57. The summed E-state index contributed by atoms with van der Waals surface area (Å²) in [4.78, 5) is 23.8. The number of rotatable bonds is 4. The second-order valence-corrected chi connectivity index (χ2v) is 4.19. The number of carboxylic acid groups (broad SMARTS) is 1. The Morgan fingerprint density at radius 2 is 2.29 bits per heavy atom. The van der Waals surface area contributed by atoms with Crippen LogP contribution in [0.5, 0.6) is 0 Å². The first kappa shape index (κ1) is 11.0. The highest BCUT2D eigenvalue weighted by atomic mass is 16.4. The van der Waals surface area contributed by atoms with E-state index in [-0.39, 0.29) is 5.91 Å². The van der Waals surface area contributed by atoms with Crippen LogP contribution in [0.25, 0.3) is 0 Å². The van der Waals surface area contributed by atoms with Crippen LogP contribution in [0.15, 0.2) is 0 Å². The van der Waals surface area contributed by atoms with Crippen molar-refractivity contribution in [2.75, 3.05) is 13.1 Å². The largest absolute Gasteiger partial charge is 0.481 e. The van der Waals surface area contributed by atoms with Crippen molar-refractivity contribution in [3.8, 4) is 0 Å². The molecule has 0 aromatic heterocycles. The Kier molecular flexibility index (Phi) is 3.49. The maximum absolute atomic E-state index is 11.5. The van der Waals surface area contributed by atoms with E-state index in [1.807, 2.05) is 0 Å². The summed E-state index contributed by atoms with van der Waals surface area (Å²) in [5, 5.41) is 8.73. The molecule has 1 fully saturated rings. The Bertz CT molecular complexity index is 238. The van der Waals surface area contributed by atoms with Crippen molar-refractivity contribution in [1.82, 2.24) is 4.90 Å². The number of carboxylic acids is 1. The summed E-state index contributed by atoms with van der Waals surface area (Å²) in [6.07, 6.45) is 1.41. The minimum absolute atomic E-state index is 0.210. The molecule has 1 atom stereocenters. The van der Waals surface area contributed by atoms with E-state index in [1.54, 1.807) is 4.90 Å². The van der Waals surface area contributed by atoms with Crippen LogP contribution in [0.1, 0.15) is 26.7 Å². The number of aliphatic carboxylic acids is 1. The minimum Gasteiger partial charge on any atom is -0.481 e. The van der Waals surface area contributed by atoms with Crippen LogP contribution in [0, 0.1) is 11.8 Å². The molecule has 1 N–H and O–H groups in total. The van der Waals surface area contributed by atoms with Crippen molar-refractivity contribution in [3.05, 3.63) is 0 Å². The Labute approximate surface area is 83.9 Å². The fraction of sp³-hybridized carbons (Fsp3) is 0.800. The predicted octanol–water partition coefficient (Wildman–Crippen LogP) is 0.966. The summed E-state index contributed by atoms with van der Waals surface area (Å²) in [6, 6.07) is 0. The first-order chi connectivity index (χ1) is 6.52. The lowest BCUT2D eigenvalue weighted by Gasteiger charge is -2.16. The van der Waals surface area contributed by atoms with Gasteiger partial charge in [0.2, 0.25) is 5.91 Å². The van der Waals surface area contributed by atoms with Gasteiger partial charge in [0.25, 0.3) is 0 Å². The average molecular weight is 199 g/mol. The van der Waals surface area contributed by atoms with E-state index in [2.05, 4.69) is 13.8 Å². The number of likely N-dealkylation sites (tertiary alicyclic amines) is 1. The van der Waals surface area contributed by atoms with Crippen LogP contribution in [-0.2, 0) is 9.59 Å². The third kappa shape index (κ3) is 2.47. The molecule has 1 rings (SSSR count). The minimum atomic E-state index is -0.984. The molecule has 0 aromatic carbocycles. The number of carbonyl (C=O) groups is 2. The van der Waals surface area contributed by atoms with Gasteiger partial charge >= 0.3 is 5.97 Å². The molecule has 0 aliphatic carbocycles. The van der Waals surface area contributed by atoms with Gasteiger partial charge in [-0.2, -0.15) is 0 Å². The molecule has 80 valence electrons. The lowest BCUT2D eigenvalue weighted by atomic mass is 10.1. The molecular weight excluding hydrogens is 182 g/mol. The van der Waals surface area contributed by atoms with Crippen LogP contribution in [-0.4, -0.2) is 35.0 Å². The second kappa shape index (κ2) is 4.44. The highest BCUT2D eigenvalue weighted by Gasteiger charge is 2.36. The van der Waals surface area contributed by atoms with Crippen LogP contribution < -0.4 is 0 Å². The molecule has 0 radical (unpaired) electrons. The molecule has 1 amide bonds. The van der Waals surface area contributed by atoms with Crippen molar-refractivity contribution in [1.29, 1.82) is 0 Å². The molecule has 1 aliphatic heterocycles. The normalized spacial score (nSPS) is 22.1. The lowest BCUT2D eigenvalue weighted by molar-refractivity contribution is -0.147. The highest BCUT2D eigenvalue weighted by molar-refractivity contribution is 5.98. The zero-order valence-electron chi connectivity index (χ0n) is 8.69. The van der Waals surface area contributed by atoms with Gasteiger partial charge in [-0.25, -0.2) is 0 Å². The summed E-state index contributed by atoms with van der Waals surface area (Å²) in [6.45, 7) is 5.48. The van der Waals surface area contributed by atoms with Crippen molar-refractivity contribution in [2.24, 2.45) is 11.8 Å². The van der Waals surface area contributed by atoms with Gasteiger partial charge in [-0.15, -0.1) is 0 Å². The molecule has 1 heterocycles. The first-order valence-corrected chi connectivity index (χ1v) is 5.04. The van der Waals surface area contributed by atoms with E-state index in [0.717, 1.165) is 6.42 Å². The van der Waals surface area contributed by atoms with Gasteiger partial charge < -0.3 is 10.0 Å². The van der Waals surface area contributed by atoms with Gasteiger partial charge in [0.1, 0.15) is 5.92 Å². The van der Waals surface area contributed by atoms with Crippen molar-refractivity contribution < 1.29 is 14.7 Å². The quantitative estimate of drug-likeness (QED) is 0.686. The molecule has 0 bridgehead atoms. The first-order valence-electron chi connectivity index (χ1n) is 5.04. The third-order valence-corrected chi connectivity index (χ3v) is 2.57. The molecule has 1 saturated heterocycles. The Balaban J connectivity index is 2.43. The van der Waals surface area contributed by atoms with Gasteiger partial charge in [-0.1, -0.05) is 13.8 Å². The van der Waals surface area contributed by atoms with E-state index in [0.29, 0.717) is 25.4 Å². The summed E-state index contributed by atoms with van der Waals surface area (Å²) in [5.41, 5.74) is 0. The lowest BCUT2D eigenvalue weighted by Crippen LogP contribution is -2.31. The molecule has 0 spiro atoms. The molecule has 1 unspecified atom stereocenters. The smallest absolute Gasteiger partial charge is 0.316 e. The molecule has 0 saturated carbocycles. The van der Waals surface area contributed by atoms with Gasteiger partial charge in [-0.3, -0.25) is 9.59 Å². The molecule has 0 aromatic rings. The van der Waals surface area contributed by atoms with E-state index in [9.17, 15) is 9.59 Å². The monoisotopic (exact) mass is 199 g/mol. The Morgan fingerprint density at radius 1 is 1.64 bits per heavy atom. The summed E-state index contributed by atoms with van der Waals surface area (Å²) in [7, 11) is 0.